The van der Waals surface area contributed by atoms with Crippen LogP contribution < -0.4 is 5.32 Å². The van der Waals surface area contributed by atoms with Gasteiger partial charge in [0.15, 0.2) is 0 Å². The Hall–Kier alpha value is -4.46. The van der Waals surface area contributed by atoms with Crippen LogP contribution in [0.15, 0.2) is 78.9 Å². The molecule has 8 nitrogen and oxygen atoms in total. The van der Waals surface area contributed by atoms with Crippen LogP contribution in [0.25, 0.3) is 11.1 Å². The van der Waals surface area contributed by atoms with Crippen LogP contribution in [-0.4, -0.2) is 44.6 Å². The minimum absolute atomic E-state index is 0.00480. The van der Waals surface area contributed by atoms with Crippen LogP contribution in [0, 0.1) is 0 Å². The Morgan fingerprint density at radius 3 is 2.14 bits per heavy atom. The number of aliphatic carboxylic acids is 1. The number of rotatable bonds is 9. The third-order valence-corrected chi connectivity index (χ3v) is 6.75. The van der Waals surface area contributed by atoms with E-state index in [1.807, 2.05) is 78.2 Å². The Bertz CT molecular complexity index is 1370. The Labute approximate surface area is 214 Å². The van der Waals surface area contributed by atoms with Crippen LogP contribution in [0.5, 0.6) is 0 Å². The highest BCUT2D eigenvalue weighted by Crippen LogP contribution is 2.44. The van der Waals surface area contributed by atoms with E-state index in [9.17, 15) is 14.7 Å². The van der Waals surface area contributed by atoms with Crippen LogP contribution in [-0.2, 0) is 28.9 Å². The summed E-state index contributed by atoms with van der Waals surface area (Å²) in [6.07, 6.45) is -0.199. The van der Waals surface area contributed by atoms with Gasteiger partial charge in [-0.05, 0) is 34.7 Å². The van der Waals surface area contributed by atoms with Crippen molar-refractivity contribution >= 4 is 12.1 Å². The average Bonchev–Trinajstić information content (AvgIpc) is 3.45. The third kappa shape index (κ3) is 5.09. The summed E-state index contributed by atoms with van der Waals surface area (Å²) < 4.78 is 7.43. The van der Waals surface area contributed by atoms with Gasteiger partial charge in [-0.25, -0.2) is 9.59 Å². The second-order valence-electron chi connectivity index (χ2n) is 9.00. The molecule has 1 amide bonds. The molecule has 1 aliphatic rings. The maximum Gasteiger partial charge on any atom is 0.407 e. The normalized spacial score (nSPS) is 13.0. The van der Waals surface area contributed by atoms with Gasteiger partial charge in [0.25, 0.3) is 0 Å². The molecule has 37 heavy (non-hydrogen) atoms. The molecule has 0 unspecified atom stereocenters. The van der Waals surface area contributed by atoms with E-state index < -0.39 is 18.1 Å². The van der Waals surface area contributed by atoms with Crippen molar-refractivity contribution in [2.45, 2.75) is 38.3 Å². The Morgan fingerprint density at radius 2 is 1.51 bits per heavy atom. The van der Waals surface area contributed by atoms with Crippen LogP contribution in [0.2, 0.25) is 0 Å². The fourth-order valence-corrected chi connectivity index (χ4v) is 4.96. The van der Waals surface area contributed by atoms with Gasteiger partial charge in [0, 0.05) is 25.3 Å². The fourth-order valence-electron chi connectivity index (χ4n) is 4.96. The molecular formula is C29H28N4O4. The smallest absolute Gasteiger partial charge is 0.407 e. The summed E-state index contributed by atoms with van der Waals surface area (Å²) in [5.74, 6) is -0.0253. The summed E-state index contributed by atoms with van der Waals surface area (Å²) in [6, 6.07) is 24.8. The van der Waals surface area contributed by atoms with Crippen molar-refractivity contribution < 1.29 is 19.4 Å². The number of nitrogens with zero attached hydrogens (tertiary/aromatic N) is 3. The first-order valence-corrected chi connectivity index (χ1v) is 12.3. The van der Waals surface area contributed by atoms with E-state index in [1.165, 1.54) is 0 Å². The number of carboxylic acids is 1. The van der Waals surface area contributed by atoms with Crippen LogP contribution in [0.3, 0.4) is 0 Å². The molecule has 0 fully saturated rings. The van der Waals surface area contributed by atoms with Crippen molar-refractivity contribution in [2.75, 3.05) is 6.61 Å². The number of ether oxygens (including phenoxy) is 1. The summed E-state index contributed by atoms with van der Waals surface area (Å²) >= 11 is 0. The molecule has 3 aromatic carbocycles. The second-order valence-corrected chi connectivity index (χ2v) is 9.00. The zero-order chi connectivity index (χ0) is 25.8. The molecule has 4 aromatic rings. The number of amides is 1. The quantitative estimate of drug-likeness (QED) is 0.355. The average molecular weight is 497 g/mol. The van der Waals surface area contributed by atoms with Crippen molar-refractivity contribution in [3.8, 4) is 11.1 Å². The van der Waals surface area contributed by atoms with Gasteiger partial charge >= 0.3 is 12.1 Å². The highest BCUT2D eigenvalue weighted by molar-refractivity contribution is 5.81. The summed E-state index contributed by atoms with van der Waals surface area (Å²) in [6.45, 7) is 2.65. The van der Waals surface area contributed by atoms with E-state index in [0.29, 0.717) is 18.8 Å². The van der Waals surface area contributed by atoms with Crippen LogP contribution in [0.4, 0.5) is 4.79 Å². The van der Waals surface area contributed by atoms with E-state index in [-0.39, 0.29) is 18.9 Å². The molecule has 8 heteroatoms. The molecule has 1 atom stereocenters. The van der Waals surface area contributed by atoms with Gasteiger partial charge in [0.2, 0.25) is 0 Å². The van der Waals surface area contributed by atoms with Crippen LogP contribution in [0.1, 0.15) is 41.2 Å². The summed E-state index contributed by atoms with van der Waals surface area (Å²) in [5.41, 5.74) is 5.52. The number of hydrogen-bond donors (Lipinski definition) is 2. The first-order chi connectivity index (χ1) is 18.0. The van der Waals surface area contributed by atoms with Crippen molar-refractivity contribution in [1.29, 1.82) is 0 Å². The predicted molar refractivity (Wildman–Crippen MR) is 138 cm³/mol. The number of benzene rings is 3. The van der Waals surface area contributed by atoms with E-state index in [0.717, 1.165) is 33.6 Å². The molecule has 0 spiro atoms. The molecule has 0 bridgehead atoms. The number of nitrogens with one attached hydrogen (secondary N) is 1. The zero-order valence-electron chi connectivity index (χ0n) is 20.5. The van der Waals surface area contributed by atoms with Crippen molar-refractivity contribution in [3.05, 3.63) is 107 Å². The lowest BCUT2D eigenvalue weighted by molar-refractivity contribution is -0.139. The van der Waals surface area contributed by atoms with Crippen molar-refractivity contribution in [1.82, 2.24) is 20.1 Å². The molecule has 1 heterocycles. The number of carbonyl (C=O) groups is 2. The summed E-state index contributed by atoms with van der Waals surface area (Å²) in [7, 11) is 0. The molecule has 0 saturated heterocycles. The van der Waals surface area contributed by atoms with E-state index in [2.05, 4.69) is 27.6 Å². The van der Waals surface area contributed by atoms with Gasteiger partial charge < -0.3 is 19.7 Å². The molecule has 1 aromatic heterocycles. The highest BCUT2D eigenvalue weighted by atomic mass is 16.5. The van der Waals surface area contributed by atoms with Gasteiger partial charge in [-0.1, -0.05) is 78.9 Å². The first kappa shape index (κ1) is 24.2. The second kappa shape index (κ2) is 10.7. The SMILES string of the molecule is CCn1c(Cc2ccccc2)nnc1C[C@H](NC(=O)OCC1c2ccccc2-c2ccccc21)C(=O)O. The molecule has 0 saturated carbocycles. The van der Waals surface area contributed by atoms with Crippen molar-refractivity contribution in [3.63, 3.8) is 0 Å². The van der Waals surface area contributed by atoms with Gasteiger partial charge in [-0.2, -0.15) is 0 Å². The minimum atomic E-state index is -1.20. The monoisotopic (exact) mass is 496 g/mol. The van der Waals surface area contributed by atoms with Gasteiger partial charge in [-0.3, -0.25) is 0 Å². The summed E-state index contributed by atoms with van der Waals surface area (Å²) in [4.78, 5) is 24.7. The lowest BCUT2D eigenvalue weighted by Gasteiger charge is -2.17. The maximum atomic E-state index is 12.7. The highest BCUT2D eigenvalue weighted by Gasteiger charge is 2.30. The Morgan fingerprint density at radius 1 is 0.919 bits per heavy atom. The number of carboxylic acid groups (broad SMARTS) is 1. The molecule has 0 aliphatic heterocycles. The van der Waals surface area contributed by atoms with Gasteiger partial charge in [0.05, 0.1) is 0 Å². The molecule has 188 valence electrons. The molecular weight excluding hydrogens is 468 g/mol. The number of alkyl carbamates (subject to hydrolysis) is 1. The van der Waals surface area contributed by atoms with E-state index in [4.69, 9.17) is 4.74 Å². The zero-order valence-corrected chi connectivity index (χ0v) is 20.5. The van der Waals surface area contributed by atoms with E-state index >= 15 is 0 Å². The maximum absolute atomic E-state index is 12.7. The summed E-state index contributed by atoms with van der Waals surface area (Å²) in [5, 5.41) is 20.8. The number of aromatic nitrogens is 3. The van der Waals surface area contributed by atoms with Crippen LogP contribution >= 0.6 is 0 Å². The van der Waals surface area contributed by atoms with E-state index in [1.54, 1.807) is 0 Å². The number of fused-ring (bicyclic) bond motifs is 3. The lowest BCUT2D eigenvalue weighted by Crippen LogP contribution is -2.43. The van der Waals surface area contributed by atoms with Gasteiger partial charge in [0.1, 0.15) is 24.3 Å². The largest absolute Gasteiger partial charge is 0.480 e. The fraction of sp³-hybridized carbons (Fsp3) is 0.241. The molecule has 2 N–H and O–H groups in total. The standard InChI is InChI=1S/C29H28N4O4/c1-2-33-26(16-19-10-4-3-5-11-19)31-32-27(33)17-25(28(34)35)30-29(36)37-18-24-22-14-8-6-12-20(22)21-13-7-9-15-23(21)24/h3-15,24-25H,2,16-18H2,1H3,(H,30,36)(H,34,35)/t25-/m0/s1. The predicted octanol–water partition coefficient (Wildman–Crippen LogP) is 4.42. The van der Waals surface area contributed by atoms with Crippen molar-refractivity contribution in [2.24, 2.45) is 0 Å². The first-order valence-electron chi connectivity index (χ1n) is 12.3. The number of carbonyl (C=O) groups excluding carboxylic acids is 1. The molecule has 0 radical (unpaired) electrons. The Kier molecular flexibility index (Phi) is 6.98. The third-order valence-electron chi connectivity index (χ3n) is 6.75. The topological polar surface area (TPSA) is 106 Å². The number of hydrogen-bond acceptors (Lipinski definition) is 5. The minimum Gasteiger partial charge on any atom is -0.480 e. The van der Waals surface area contributed by atoms with Gasteiger partial charge in [-0.15, -0.1) is 10.2 Å². The molecule has 5 rings (SSSR count). The lowest BCUT2D eigenvalue weighted by atomic mass is 9.98. The Balaban J connectivity index is 1.25. The molecule has 1 aliphatic carbocycles.